The number of imidazole rings is 1. The van der Waals surface area contributed by atoms with Crippen molar-refractivity contribution in [1.82, 2.24) is 25.9 Å². The predicted molar refractivity (Wildman–Crippen MR) is 137 cm³/mol. The average molecular weight is 530 g/mol. The van der Waals surface area contributed by atoms with Crippen LogP contribution in [0.2, 0.25) is 0 Å². The number of primary amides is 1. The molecule has 1 heterocycles. The van der Waals surface area contributed by atoms with E-state index < -0.39 is 60.2 Å². The Morgan fingerprint density at radius 3 is 2.08 bits per heavy atom. The molecule has 1 aromatic carbocycles. The van der Waals surface area contributed by atoms with Crippen molar-refractivity contribution in [3.8, 4) is 0 Å². The van der Waals surface area contributed by atoms with Crippen molar-refractivity contribution in [1.29, 1.82) is 0 Å². The molecule has 13 heteroatoms. The first-order valence-electron chi connectivity index (χ1n) is 12.1. The van der Waals surface area contributed by atoms with Gasteiger partial charge in [-0.15, -0.1) is 0 Å². The third kappa shape index (κ3) is 10.0. The van der Waals surface area contributed by atoms with E-state index in [9.17, 15) is 29.1 Å². The molecule has 0 radical (unpaired) electrons. The zero-order valence-electron chi connectivity index (χ0n) is 21.3. The summed E-state index contributed by atoms with van der Waals surface area (Å²) in [5.74, 6) is -4.43. The Labute approximate surface area is 220 Å². The lowest BCUT2D eigenvalue weighted by Crippen LogP contribution is -2.58. The number of nitrogens with zero attached hydrogens (tertiary/aromatic N) is 1. The van der Waals surface area contributed by atoms with E-state index in [2.05, 4.69) is 25.9 Å². The number of hydrogen-bond donors (Lipinski definition) is 7. The van der Waals surface area contributed by atoms with Gasteiger partial charge in [-0.05, 0) is 17.9 Å². The van der Waals surface area contributed by atoms with Gasteiger partial charge in [0.25, 0.3) is 0 Å². The molecule has 0 saturated heterocycles. The lowest BCUT2D eigenvalue weighted by Gasteiger charge is -2.25. The van der Waals surface area contributed by atoms with Crippen LogP contribution in [0.5, 0.6) is 0 Å². The minimum absolute atomic E-state index is 0.0145. The lowest BCUT2D eigenvalue weighted by molar-refractivity contribution is -0.142. The largest absolute Gasteiger partial charge is 0.480 e. The summed E-state index contributed by atoms with van der Waals surface area (Å²) >= 11 is 0. The fraction of sp³-hybridized carbons (Fsp3) is 0.440. The molecule has 4 amide bonds. The maximum absolute atomic E-state index is 13.1. The molecule has 38 heavy (non-hydrogen) atoms. The molecule has 0 aliphatic rings. The number of carbonyl (C=O) groups excluding carboxylic acids is 4. The first-order valence-corrected chi connectivity index (χ1v) is 12.1. The summed E-state index contributed by atoms with van der Waals surface area (Å²) in [6.07, 6.45) is 2.77. The molecular weight excluding hydrogens is 494 g/mol. The number of aromatic nitrogens is 2. The van der Waals surface area contributed by atoms with Crippen LogP contribution in [0, 0.1) is 5.92 Å². The molecule has 9 N–H and O–H groups in total. The molecule has 2 rings (SSSR count). The molecule has 0 fully saturated rings. The smallest absolute Gasteiger partial charge is 0.326 e. The van der Waals surface area contributed by atoms with Gasteiger partial charge in [-0.2, -0.15) is 0 Å². The van der Waals surface area contributed by atoms with Gasteiger partial charge in [0, 0.05) is 24.7 Å². The van der Waals surface area contributed by atoms with E-state index in [4.69, 9.17) is 11.5 Å². The second-order valence-corrected chi connectivity index (χ2v) is 9.40. The number of aliphatic carboxylic acids is 1. The number of nitrogens with two attached hydrogens (primary N) is 2. The number of amides is 4. The first-order chi connectivity index (χ1) is 18.0. The Kier molecular flexibility index (Phi) is 11.4. The van der Waals surface area contributed by atoms with Crippen molar-refractivity contribution in [2.75, 3.05) is 0 Å². The standard InChI is InChI=1S/C25H35N7O6/c1-14(2)8-18(30-22(34)17(26)10-16-12-28-13-29-16)23(35)31-19(11-21(27)33)24(36)32-20(25(37)38)9-15-6-4-3-5-7-15/h3-7,12-14,17-20H,8-11,26H2,1-2H3,(H2,27,33)(H,28,29)(H,30,34)(H,31,35)(H,32,36)(H,37,38). The van der Waals surface area contributed by atoms with E-state index in [1.54, 1.807) is 30.3 Å². The Hall–Kier alpha value is -4.26. The van der Waals surface area contributed by atoms with Crippen LogP contribution in [-0.4, -0.2) is 68.8 Å². The van der Waals surface area contributed by atoms with Gasteiger partial charge in [-0.1, -0.05) is 44.2 Å². The van der Waals surface area contributed by atoms with E-state index in [0.717, 1.165) is 0 Å². The quantitative estimate of drug-likeness (QED) is 0.151. The summed E-state index contributed by atoms with van der Waals surface area (Å²) in [6.45, 7) is 3.68. The van der Waals surface area contributed by atoms with E-state index in [1.807, 2.05) is 13.8 Å². The van der Waals surface area contributed by atoms with Crippen LogP contribution in [0.3, 0.4) is 0 Å². The minimum Gasteiger partial charge on any atom is -0.480 e. The molecule has 0 spiro atoms. The highest BCUT2D eigenvalue weighted by atomic mass is 16.4. The van der Waals surface area contributed by atoms with Crippen LogP contribution >= 0.6 is 0 Å². The SMILES string of the molecule is CC(C)CC(NC(=O)C(N)Cc1cnc[nH]1)C(=O)NC(CC(N)=O)C(=O)NC(Cc1ccccc1)C(=O)O. The molecule has 2 aromatic rings. The minimum atomic E-state index is -1.46. The first kappa shape index (κ1) is 30.0. The van der Waals surface area contributed by atoms with Crippen molar-refractivity contribution in [2.24, 2.45) is 17.4 Å². The van der Waals surface area contributed by atoms with Crippen molar-refractivity contribution in [3.05, 3.63) is 54.1 Å². The van der Waals surface area contributed by atoms with Gasteiger partial charge in [0.05, 0.1) is 18.8 Å². The van der Waals surface area contributed by atoms with E-state index in [1.165, 1.54) is 12.5 Å². The fourth-order valence-corrected chi connectivity index (χ4v) is 3.71. The van der Waals surface area contributed by atoms with Gasteiger partial charge < -0.3 is 37.5 Å². The third-order valence-corrected chi connectivity index (χ3v) is 5.61. The van der Waals surface area contributed by atoms with Gasteiger partial charge in [0.2, 0.25) is 23.6 Å². The number of aromatic amines is 1. The van der Waals surface area contributed by atoms with Crippen molar-refractivity contribution in [2.45, 2.75) is 63.7 Å². The number of H-pyrrole nitrogens is 1. The maximum Gasteiger partial charge on any atom is 0.326 e. The number of benzene rings is 1. The second-order valence-electron chi connectivity index (χ2n) is 9.40. The van der Waals surface area contributed by atoms with Crippen LogP contribution in [-0.2, 0) is 36.8 Å². The molecule has 4 unspecified atom stereocenters. The zero-order chi connectivity index (χ0) is 28.2. The van der Waals surface area contributed by atoms with Gasteiger partial charge >= 0.3 is 5.97 Å². The highest BCUT2D eigenvalue weighted by Gasteiger charge is 2.31. The fourth-order valence-electron chi connectivity index (χ4n) is 3.71. The molecule has 13 nitrogen and oxygen atoms in total. The molecule has 0 aliphatic heterocycles. The summed E-state index contributed by atoms with van der Waals surface area (Å²) in [7, 11) is 0. The van der Waals surface area contributed by atoms with E-state index in [0.29, 0.717) is 11.3 Å². The number of carboxylic acids is 1. The van der Waals surface area contributed by atoms with Crippen molar-refractivity contribution < 1.29 is 29.1 Å². The van der Waals surface area contributed by atoms with Crippen LogP contribution in [0.15, 0.2) is 42.9 Å². The van der Waals surface area contributed by atoms with Gasteiger partial charge in [-0.3, -0.25) is 19.2 Å². The van der Waals surface area contributed by atoms with Crippen LogP contribution in [0.4, 0.5) is 0 Å². The number of carboxylic acid groups (broad SMARTS) is 1. The Morgan fingerprint density at radius 1 is 0.921 bits per heavy atom. The Balaban J connectivity index is 2.12. The van der Waals surface area contributed by atoms with Crippen molar-refractivity contribution >= 4 is 29.6 Å². The third-order valence-electron chi connectivity index (χ3n) is 5.61. The second kappa shape index (κ2) is 14.5. The molecule has 1 aromatic heterocycles. The van der Waals surface area contributed by atoms with Crippen LogP contribution in [0.25, 0.3) is 0 Å². The highest BCUT2D eigenvalue weighted by molar-refractivity contribution is 5.96. The predicted octanol–water partition coefficient (Wildman–Crippen LogP) is -1.02. The summed E-state index contributed by atoms with van der Waals surface area (Å²) in [4.78, 5) is 68.9. The molecule has 4 atom stereocenters. The van der Waals surface area contributed by atoms with Crippen LogP contribution in [0.1, 0.15) is 37.9 Å². The normalized spacial score (nSPS) is 14.1. The number of nitrogens with one attached hydrogen (secondary N) is 4. The zero-order valence-corrected chi connectivity index (χ0v) is 21.3. The number of hydrogen-bond acceptors (Lipinski definition) is 7. The average Bonchev–Trinajstić information content (AvgIpc) is 3.35. The summed E-state index contributed by atoms with van der Waals surface area (Å²) in [6, 6.07) is 3.84. The van der Waals surface area contributed by atoms with Crippen LogP contribution < -0.4 is 27.4 Å². The Bertz CT molecular complexity index is 1090. The Morgan fingerprint density at radius 2 is 1.53 bits per heavy atom. The molecule has 0 aliphatic carbocycles. The topological polar surface area (TPSA) is 222 Å². The van der Waals surface area contributed by atoms with E-state index >= 15 is 0 Å². The summed E-state index contributed by atoms with van der Waals surface area (Å²) < 4.78 is 0. The summed E-state index contributed by atoms with van der Waals surface area (Å²) in [5, 5.41) is 17.0. The van der Waals surface area contributed by atoms with Gasteiger partial charge in [0.1, 0.15) is 18.1 Å². The maximum atomic E-state index is 13.1. The van der Waals surface area contributed by atoms with Gasteiger partial charge in [-0.25, -0.2) is 9.78 Å². The molecule has 206 valence electrons. The molecular formula is C25H35N7O6. The molecule has 0 bridgehead atoms. The highest BCUT2D eigenvalue weighted by Crippen LogP contribution is 2.08. The van der Waals surface area contributed by atoms with Crippen molar-refractivity contribution in [3.63, 3.8) is 0 Å². The monoisotopic (exact) mass is 529 g/mol. The lowest BCUT2D eigenvalue weighted by atomic mass is 10.0. The summed E-state index contributed by atoms with van der Waals surface area (Å²) in [5.41, 5.74) is 12.6. The molecule has 0 saturated carbocycles. The van der Waals surface area contributed by atoms with Gasteiger partial charge in [0.15, 0.2) is 0 Å². The number of carbonyl (C=O) groups is 5. The van der Waals surface area contributed by atoms with E-state index in [-0.39, 0.29) is 25.2 Å². The number of rotatable bonds is 15.